The first-order valence-electron chi connectivity index (χ1n) is 11.6. The summed E-state index contributed by atoms with van der Waals surface area (Å²) in [6.45, 7) is 4.10. The van der Waals surface area contributed by atoms with Crippen molar-refractivity contribution in [2.75, 3.05) is 20.8 Å². The fraction of sp³-hybridized carbons (Fsp3) is 0.267. The smallest absolute Gasteiger partial charge is 0.338 e. The van der Waals surface area contributed by atoms with Crippen LogP contribution < -0.4 is 0 Å². The van der Waals surface area contributed by atoms with Gasteiger partial charge in [-0.05, 0) is 30.5 Å². The first kappa shape index (κ1) is 24.4. The molecule has 0 spiro atoms. The maximum atomic E-state index is 12.8. The number of fused-ring (bicyclic) bond motifs is 1. The highest BCUT2D eigenvalue weighted by atomic mass is 16.5. The molecule has 1 heterocycles. The third-order valence-corrected chi connectivity index (χ3v) is 6.47. The predicted octanol–water partition coefficient (Wildman–Crippen LogP) is 5.24. The van der Waals surface area contributed by atoms with Crippen LogP contribution in [0.25, 0.3) is 12.2 Å². The van der Waals surface area contributed by atoms with E-state index in [9.17, 15) is 9.59 Å². The lowest BCUT2D eigenvalue weighted by atomic mass is 9.88. The molecule has 2 aromatic carbocycles. The second-order valence-corrected chi connectivity index (χ2v) is 8.88. The number of carbonyl (C=O) groups is 2. The molecular weight excluding hydrogens is 440 g/mol. The van der Waals surface area contributed by atoms with Crippen molar-refractivity contribution in [1.82, 2.24) is 0 Å². The van der Waals surface area contributed by atoms with E-state index < -0.39 is 11.9 Å². The van der Waals surface area contributed by atoms with E-state index in [1.54, 1.807) is 0 Å². The number of ether oxygens (including phenoxy) is 3. The average Bonchev–Trinajstić information content (AvgIpc) is 3.23. The van der Waals surface area contributed by atoms with Crippen LogP contribution in [0.3, 0.4) is 0 Å². The summed E-state index contributed by atoms with van der Waals surface area (Å²) in [5, 5.41) is 0. The Balaban J connectivity index is 1.73. The maximum Gasteiger partial charge on any atom is 0.338 e. The van der Waals surface area contributed by atoms with Crippen LogP contribution in [0.2, 0.25) is 0 Å². The lowest BCUT2D eigenvalue weighted by molar-refractivity contribution is -0.140. The zero-order chi connectivity index (χ0) is 24.9. The van der Waals surface area contributed by atoms with Gasteiger partial charge in [0.2, 0.25) is 0 Å². The first-order valence-corrected chi connectivity index (χ1v) is 11.6. The van der Waals surface area contributed by atoms with Crippen molar-refractivity contribution in [2.45, 2.75) is 20.0 Å². The normalized spacial score (nSPS) is 21.8. The van der Waals surface area contributed by atoms with Crippen molar-refractivity contribution < 1.29 is 23.8 Å². The second kappa shape index (κ2) is 10.7. The van der Waals surface area contributed by atoms with E-state index in [0.29, 0.717) is 5.57 Å². The van der Waals surface area contributed by atoms with Gasteiger partial charge in [-0.3, -0.25) is 0 Å². The second-order valence-electron chi connectivity index (χ2n) is 8.88. The lowest BCUT2D eigenvalue weighted by Gasteiger charge is -2.29. The molecule has 0 fully saturated rings. The van der Waals surface area contributed by atoms with Gasteiger partial charge in [0.1, 0.15) is 0 Å². The molecule has 0 bridgehead atoms. The van der Waals surface area contributed by atoms with Crippen molar-refractivity contribution in [1.29, 1.82) is 0 Å². The Kier molecular flexibility index (Phi) is 7.47. The Labute approximate surface area is 206 Å². The topological polar surface area (TPSA) is 61.8 Å². The van der Waals surface area contributed by atoms with Crippen LogP contribution in [0.4, 0.5) is 0 Å². The minimum absolute atomic E-state index is 0.0115. The van der Waals surface area contributed by atoms with Gasteiger partial charge in [0.05, 0.1) is 38.1 Å². The highest BCUT2D eigenvalue weighted by Gasteiger charge is 2.43. The highest BCUT2D eigenvalue weighted by molar-refractivity contribution is 6.04. The van der Waals surface area contributed by atoms with Gasteiger partial charge in [-0.25, -0.2) is 9.59 Å². The fourth-order valence-electron chi connectivity index (χ4n) is 4.51. The molecular formula is C30H30O5. The third-order valence-electron chi connectivity index (χ3n) is 6.47. The maximum absolute atomic E-state index is 12.8. The van der Waals surface area contributed by atoms with Crippen LogP contribution in [-0.2, 0) is 23.8 Å². The number of allylic oxidation sites excluding steroid dienone is 2. The van der Waals surface area contributed by atoms with Gasteiger partial charge in [-0.15, -0.1) is 0 Å². The first-order chi connectivity index (χ1) is 16.9. The van der Waals surface area contributed by atoms with Crippen LogP contribution in [-0.4, -0.2) is 38.9 Å². The van der Waals surface area contributed by atoms with Crippen molar-refractivity contribution in [2.24, 2.45) is 11.8 Å². The van der Waals surface area contributed by atoms with Gasteiger partial charge in [0.25, 0.3) is 0 Å². The van der Waals surface area contributed by atoms with E-state index in [2.05, 4.69) is 86.7 Å². The van der Waals surface area contributed by atoms with Crippen LogP contribution in [0.15, 0.2) is 83.5 Å². The molecule has 1 aliphatic carbocycles. The molecule has 0 N–H and O–H groups in total. The van der Waals surface area contributed by atoms with Gasteiger partial charge >= 0.3 is 11.9 Å². The monoisotopic (exact) mass is 470 g/mol. The van der Waals surface area contributed by atoms with Crippen LogP contribution >= 0.6 is 0 Å². The van der Waals surface area contributed by atoms with E-state index in [1.165, 1.54) is 25.3 Å². The lowest BCUT2D eigenvalue weighted by Crippen LogP contribution is -2.34. The average molecular weight is 471 g/mol. The third kappa shape index (κ3) is 5.36. The molecule has 3 atom stereocenters. The Morgan fingerprint density at radius 1 is 0.829 bits per heavy atom. The van der Waals surface area contributed by atoms with E-state index >= 15 is 0 Å². The number of esters is 2. The van der Waals surface area contributed by atoms with Crippen LogP contribution in [0, 0.1) is 25.7 Å². The van der Waals surface area contributed by atoms with Crippen LogP contribution in [0.1, 0.15) is 22.3 Å². The van der Waals surface area contributed by atoms with Gasteiger partial charge in [-0.1, -0.05) is 90.0 Å². The summed E-state index contributed by atoms with van der Waals surface area (Å²) in [7, 11) is 2.60. The molecule has 2 aromatic rings. The number of aryl methyl sites for hydroxylation is 2. The summed E-state index contributed by atoms with van der Waals surface area (Å²) < 4.78 is 16.1. The summed E-state index contributed by atoms with van der Waals surface area (Å²) in [5.74, 6) is -1.26. The molecule has 0 saturated heterocycles. The predicted molar refractivity (Wildman–Crippen MR) is 136 cm³/mol. The summed E-state index contributed by atoms with van der Waals surface area (Å²) >= 11 is 0. The molecule has 1 aliphatic heterocycles. The highest BCUT2D eigenvalue weighted by Crippen LogP contribution is 2.43. The van der Waals surface area contributed by atoms with Gasteiger partial charge in [0.15, 0.2) is 0 Å². The zero-order valence-electron chi connectivity index (χ0n) is 20.5. The van der Waals surface area contributed by atoms with Crippen molar-refractivity contribution in [3.8, 4) is 0 Å². The SMILES string of the molecule is COC(=O)C1=C(C(=O)OC)C2=C[C@@H](/C=C/c3ccc(C)cc3)[C@H](/C=C/c3ccc(C)cc3)[C@H]2OC1. The van der Waals surface area contributed by atoms with E-state index in [1.807, 2.05) is 6.08 Å². The molecule has 35 heavy (non-hydrogen) atoms. The van der Waals surface area contributed by atoms with E-state index in [-0.39, 0.29) is 35.7 Å². The van der Waals surface area contributed by atoms with E-state index in [4.69, 9.17) is 14.2 Å². The summed E-state index contributed by atoms with van der Waals surface area (Å²) in [6.07, 6.45) is 10.0. The molecule has 180 valence electrons. The molecule has 5 heteroatoms. The van der Waals surface area contributed by atoms with Crippen molar-refractivity contribution in [3.63, 3.8) is 0 Å². The van der Waals surface area contributed by atoms with Gasteiger partial charge < -0.3 is 14.2 Å². The molecule has 0 saturated carbocycles. The minimum atomic E-state index is -0.588. The van der Waals surface area contributed by atoms with E-state index in [0.717, 1.165) is 11.1 Å². The zero-order valence-corrected chi connectivity index (χ0v) is 20.5. The number of hydrogen-bond acceptors (Lipinski definition) is 5. The molecule has 0 amide bonds. The standard InChI is InChI=1S/C30H30O5/c1-19-5-9-21(10-6-19)13-15-23-17-25-27(30(32)34-4)26(29(31)33-3)18-35-28(25)24(23)16-14-22-11-7-20(2)8-12-22/h5-17,23-24,28H,18H2,1-4H3/b15-13+,16-14+/t23-,24+,28-/m1/s1. The number of hydrogen-bond donors (Lipinski definition) is 0. The van der Waals surface area contributed by atoms with Gasteiger partial charge in [-0.2, -0.15) is 0 Å². The number of rotatable bonds is 6. The number of methoxy groups -OCH3 is 2. The quantitative estimate of drug-likeness (QED) is 0.540. The molecule has 2 aliphatic rings. The molecule has 0 aromatic heterocycles. The van der Waals surface area contributed by atoms with Crippen LogP contribution in [0.5, 0.6) is 0 Å². The molecule has 5 nitrogen and oxygen atoms in total. The molecule has 4 rings (SSSR count). The Morgan fingerprint density at radius 2 is 1.37 bits per heavy atom. The Bertz CT molecular complexity index is 1210. The summed E-state index contributed by atoms with van der Waals surface area (Å²) in [4.78, 5) is 25.2. The Morgan fingerprint density at radius 3 is 1.91 bits per heavy atom. The minimum Gasteiger partial charge on any atom is -0.466 e. The van der Waals surface area contributed by atoms with Gasteiger partial charge in [0, 0.05) is 11.8 Å². The summed E-state index contributed by atoms with van der Waals surface area (Å²) in [5.41, 5.74) is 5.67. The molecule has 0 unspecified atom stereocenters. The molecule has 0 radical (unpaired) electrons. The number of carbonyl (C=O) groups excluding carboxylic acids is 2. The Hall–Kier alpha value is -3.70. The fourth-order valence-corrected chi connectivity index (χ4v) is 4.51. The van der Waals surface area contributed by atoms with Crippen molar-refractivity contribution in [3.05, 3.63) is 106 Å². The van der Waals surface area contributed by atoms with Crippen molar-refractivity contribution >= 4 is 24.1 Å². The number of benzene rings is 2. The largest absolute Gasteiger partial charge is 0.466 e. The summed E-state index contributed by atoms with van der Waals surface area (Å²) in [6, 6.07) is 16.6.